The Labute approximate surface area is 222 Å². The topological polar surface area (TPSA) is 51.5 Å². The van der Waals surface area contributed by atoms with E-state index in [1.54, 1.807) is 7.11 Å². The van der Waals surface area contributed by atoms with Gasteiger partial charge in [-0.3, -0.25) is 4.98 Å². The lowest BCUT2D eigenvalue weighted by Crippen LogP contribution is -2.30. The summed E-state index contributed by atoms with van der Waals surface area (Å²) in [6, 6.07) is 26.4. The van der Waals surface area contributed by atoms with Crippen LogP contribution in [0.4, 0.5) is 5.69 Å². The van der Waals surface area contributed by atoms with Crippen molar-refractivity contribution in [1.82, 2.24) is 14.9 Å². The highest BCUT2D eigenvalue weighted by Gasteiger charge is 2.42. The fourth-order valence-corrected chi connectivity index (χ4v) is 5.79. The van der Waals surface area contributed by atoms with Crippen LogP contribution >= 0.6 is 12.2 Å². The Bertz CT molecular complexity index is 1370. The van der Waals surface area contributed by atoms with Crippen molar-refractivity contribution < 1.29 is 9.47 Å². The first-order valence-corrected chi connectivity index (χ1v) is 13.2. The van der Waals surface area contributed by atoms with E-state index in [-0.39, 0.29) is 12.1 Å². The van der Waals surface area contributed by atoms with Crippen molar-refractivity contribution in [2.24, 2.45) is 0 Å². The molecule has 1 saturated heterocycles. The van der Waals surface area contributed by atoms with E-state index in [4.69, 9.17) is 21.7 Å². The van der Waals surface area contributed by atoms with Crippen molar-refractivity contribution in [3.05, 3.63) is 103 Å². The molecule has 2 aromatic heterocycles. The minimum Gasteiger partial charge on any atom is -0.497 e. The Hall–Kier alpha value is -3.84. The van der Waals surface area contributed by atoms with E-state index in [9.17, 15) is 0 Å². The Morgan fingerprint density at radius 2 is 1.73 bits per heavy atom. The van der Waals surface area contributed by atoms with Crippen molar-refractivity contribution in [2.45, 2.75) is 43.9 Å². The monoisotopic (exact) mass is 510 g/mol. The molecule has 0 bridgehead atoms. The number of nitrogens with zero attached hydrogens (tertiary/aromatic N) is 3. The molecule has 1 aliphatic heterocycles. The highest BCUT2D eigenvalue weighted by Crippen LogP contribution is 2.42. The van der Waals surface area contributed by atoms with Crippen LogP contribution in [0, 0.1) is 0 Å². The molecule has 0 radical (unpaired) electrons. The second-order valence-corrected chi connectivity index (χ2v) is 9.91. The molecule has 188 valence electrons. The lowest BCUT2D eigenvalue weighted by atomic mass is 10.0. The minimum atomic E-state index is -0.123. The number of rotatable bonds is 7. The predicted octanol–water partition coefficient (Wildman–Crippen LogP) is 6.38. The highest BCUT2D eigenvalue weighted by molar-refractivity contribution is 7.80. The average molecular weight is 511 g/mol. The van der Waals surface area contributed by atoms with Crippen LogP contribution in [0.3, 0.4) is 0 Å². The van der Waals surface area contributed by atoms with Gasteiger partial charge in [0.05, 0.1) is 24.9 Å². The summed E-state index contributed by atoms with van der Waals surface area (Å²) < 4.78 is 13.9. The summed E-state index contributed by atoms with van der Waals surface area (Å²) in [5.41, 5.74) is 4.08. The van der Waals surface area contributed by atoms with E-state index < -0.39 is 0 Å². The highest BCUT2D eigenvalue weighted by atomic mass is 32.1. The predicted molar refractivity (Wildman–Crippen MR) is 150 cm³/mol. The first kappa shape index (κ1) is 23.6. The quantitative estimate of drug-likeness (QED) is 0.291. The third-order valence-corrected chi connectivity index (χ3v) is 7.55. The number of aromatic nitrogens is 2. The average Bonchev–Trinajstić information content (AvgIpc) is 3.70. The number of hydrogen-bond acceptors (Lipinski definition) is 4. The lowest BCUT2D eigenvalue weighted by Gasteiger charge is -2.29. The lowest BCUT2D eigenvalue weighted by molar-refractivity contribution is 0.210. The number of methoxy groups -OCH3 is 1. The number of pyridine rings is 1. The van der Waals surface area contributed by atoms with Crippen molar-refractivity contribution in [2.75, 3.05) is 12.0 Å². The van der Waals surface area contributed by atoms with Gasteiger partial charge in [0, 0.05) is 35.5 Å². The molecule has 2 aliphatic rings. The normalized spacial score (nSPS) is 19.7. The number of hydrogen-bond donors (Lipinski definition) is 1. The molecule has 2 fully saturated rings. The summed E-state index contributed by atoms with van der Waals surface area (Å²) in [6.45, 7) is 0. The molecule has 37 heavy (non-hydrogen) atoms. The zero-order valence-electron chi connectivity index (χ0n) is 20.8. The van der Waals surface area contributed by atoms with E-state index in [0.717, 1.165) is 47.1 Å². The zero-order chi connectivity index (χ0) is 25.2. The fraction of sp³-hybridized carbons (Fsp3) is 0.267. The Kier molecular flexibility index (Phi) is 6.53. The first-order valence-electron chi connectivity index (χ1n) is 12.8. The molecular weight excluding hydrogens is 480 g/mol. The van der Waals surface area contributed by atoms with Crippen LogP contribution in [-0.2, 0) is 0 Å². The van der Waals surface area contributed by atoms with Gasteiger partial charge in [0.25, 0.3) is 0 Å². The third kappa shape index (κ3) is 4.67. The molecule has 0 spiro atoms. The van der Waals surface area contributed by atoms with Gasteiger partial charge in [-0.2, -0.15) is 0 Å². The molecule has 1 saturated carbocycles. The van der Waals surface area contributed by atoms with E-state index in [0.29, 0.717) is 11.2 Å². The summed E-state index contributed by atoms with van der Waals surface area (Å²) in [7, 11) is 1.69. The largest absolute Gasteiger partial charge is 0.497 e. The minimum absolute atomic E-state index is 0.120. The number of ether oxygens (including phenoxy) is 2. The molecular formula is C30H30N4O2S. The van der Waals surface area contributed by atoms with E-state index in [2.05, 4.69) is 68.4 Å². The van der Waals surface area contributed by atoms with Crippen LogP contribution in [0.25, 0.3) is 5.69 Å². The van der Waals surface area contributed by atoms with Gasteiger partial charge in [-0.15, -0.1) is 0 Å². The molecule has 4 aromatic rings. The number of benzene rings is 2. The van der Waals surface area contributed by atoms with Crippen molar-refractivity contribution in [3.63, 3.8) is 0 Å². The summed E-state index contributed by atoms with van der Waals surface area (Å²) in [4.78, 5) is 6.88. The van der Waals surface area contributed by atoms with E-state index >= 15 is 0 Å². The zero-order valence-corrected chi connectivity index (χ0v) is 21.6. The van der Waals surface area contributed by atoms with Gasteiger partial charge in [0.2, 0.25) is 0 Å². The van der Waals surface area contributed by atoms with Gasteiger partial charge in [-0.1, -0.05) is 12.1 Å². The Morgan fingerprint density at radius 1 is 0.892 bits per heavy atom. The van der Waals surface area contributed by atoms with Gasteiger partial charge < -0.3 is 24.3 Å². The van der Waals surface area contributed by atoms with Gasteiger partial charge in [-0.25, -0.2) is 0 Å². The molecule has 3 heterocycles. The second kappa shape index (κ2) is 10.3. The van der Waals surface area contributed by atoms with Gasteiger partial charge >= 0.3 is 0 Å². The molecule has 2 aromatic carbocycles. The van der Waals surface area contributed by atoms with Gasteiger partial charge in [0.1, 0.15) is 17.5 Å². The summed E-state index contributed by atoms with van der Waals surface area (Å²) >= 11 is 5.93. The van der Waals surface area contributed by atoms with Crippen LogP contribution in [0.1, 0.15) is 49.2 Å². The van der Waals surface area contributed by atoms with E-state index in [1.165, 1.54) is 12.8 Å². The van der Waals surface area contributed by atoms with Crippen molar-refractivity contribution >= 4 is 23.0 Å². The number of nitrogens with one attached hydrogen (secondary N) is 1. The summed E-state index contributed by atoms with van der Waals surface area (Å²) in [6.07, 6.45) is 9.01. The fourth-order valence-electron chi connectivity index (χ4n) is 5.45. The summed E-state index contributed by atoms with van der Waals surface area (Å²) in [5, 5.41) is 4.23. The molecule has 6 rings (SSSR count). The molecule has 2 atom stereocenters. The van der Waals surface area contributed by atoms with Crippen molar-refractivity contribution in [1.29, 1.82) is 0 Å². The first-order chi connectivity index (χ1) is 18.2. The SMILES string of the molecule is COc1cccc(-n2cccc2[C@H]2[C@@H](c3ccccn3)NC(=S)N2c2ccc(OC3CCCC3)cc2)c1. The van der Waals surface area contributed by atoms with Crippen LogP contribution in [0.2, 0.25) is 0 Å². The Morgan fingerprint density at radius 3 is 2.49 bits per heavy atom. The molecule has 1 aliphatic carbocycles. The number of thiocarbonyl (C=S) groups is 1. The maximum absolute atomic E-state index is 6.22. The van der Waals surface area contributed by atoms with E-state index in [1.807, 2.05) is 42.6 Å². The second-order valence-electron chi connectivity index (χ2n) is 9.52. The molecule has 1 N–H and O–H groups in total. The maximum atomic E-state index is 6.22. The third-order valence-electron chi connectivity index (χ3n) is 7.23. The van der Waals surface area contributed by atoms with Crippen LogP contribution in [0.5, 0.6) is 11.5 Å². The molecule has 0 unspecified atom stereocenters. The summed E-state index contributed by atoms with van der Waals surface area (Å²) in [5.74, 6) is 1.72. The van der Waals surface area contributed by atoms with Crippen molar-refractivity contribution in [3.8, 4) is 17.2 Å². The number of anilines is 1. The van der Waals surface area contributed by atoms with Gasteiger partial charge in [-0.05, 0) is 98.6 Å². The van der Waals surface area contributed by atoms with Crippen LogP contribution in [0.15, 0.2) is 91.3 Å². The molecule has 0 amide bonds. The van der Waals surface area contributed by atoms with Crippen LogP contribution < -0.4 is 19.7 Å². The Balaban J connectivity index is 1.40. The van der Waals surface area contributed by atoms with Crippen LogP contribution in [-0.4, -0.2) is 27.9 Å². The standard InChI is InChI=1S/C30H30N4O2S/c1-35-25-11-6-8-22(20-25)33-19-7-13-27(33)29-28(26-12-4-5-18-31-26)32-30(37)34(29)21-14-16-24(17-15-21)36-23-9-2-3-10-23/h4-8,11-20,23,28-29H,2-3,9-10H2,1H3,(H,32,37)/t28-,29+/m1/s1. The molecule has 7 heteroatoms. The smallest absolute Gasteiger partial charge is 0.174 e. The van der Waals surface area contributed by atoms with Gasteiger partial charge in [0.15, 0.2) is 5.11 Å². The molecule has 6 nitrogen and oxygen atoms in total. The maximum Gasteiger partial charge on any atom is 0.174 e.